The predicted molar refractivity (Wildman–Crippen MR) is 91.4 cm³/mol. The van der Waals surface area contributed by atoms with Gasteiger partial charge in [0.05, 0.1) is 0 Å². The van der Waals surface area contributed by atoms with Gasteiger partial charge in [0.2, 0.25) is 0 Å². The lowest BCUT2D eigenvalue weighted by Crippen LogP contribution is -2.20. The van der Waals surface area contributed by atoms with Crippen molar-refractivity contribution in [2.45, 2.75) is 105 Å². The van der Waals surface area contributed by atoms with E-state index in [4.69, 9.17) is 4.74 Å². The molecule has 0 bridgehead atoms. The second kappa shape index (κ2) is 13.2. The third-order valence-electron chi connectivity index (χ3n) is 4.56. The average Bonchev–Trinajstić information content (AvgIpc) is 2.41. The minimum Gasteiger partial charge on any atom is -0.463 e. The van der Waals surface area contributed by atoms with Gasteiger partial charge in [0.15, 0.2) is 0 Å². The van der Waals surface area contributed by atoms with Crippen LogP contribution in [0.15, 0.2) is 0 Å². The summed E-state index contributed by atoms with van der Waals surface area (Å²) in [6, 6.07) is 0. The Bertz CT molecular complexity index is 250. The van der Waals surface area contributed by atoms with E-state index in [0.29, 0.717) is 5.92 Å². The number of carbonyl (C=O) groups is 1. The minimum absolute atomic E-state index is 0.0522. The van der Waals surface area contributed by atoms with Gasteiger partial charge in [0.25, 0.3) is 0 Å². The monoisotopic (exact) mass is 298 g/mol. The van der Waals surface area contributed by atoms with Crippen LogP contribution < -0.4 is 0 Å². The number of hydrogen-bond donors (Lipinski definition) is 0. The van der Waals surface area contributed by atoms with Crippen molar-refractivity contribution in [3.63, 3.8) is 0 Å². The topological polar surface area (TPSA) is 26.3 Å². The lowest BCUT2D eigenvalue weighted by atomic mass is 9.92. The zero-order chi connectivity index (χ0) is 16.1. The molecule has 0 rings (SSSR count). The molecule has 0 amide bonds. The van der Waals surface area contributed by atoms with Gasteiger partial charge in [0, 0.05) is 6.92 Å². The summed E-state index contributed by atoms with van der Waals surface area (Å²) in [6.07, 6.45) is 13.5. The zero-order valence-corrected chi connectivity index (χ0v) is 15.1. The Balaban J connectivity index is 3.51. The Morgan fingerprint density at radius 2 is 1.43 bits per heavy atom. The van der Waals surface area contributed by atoms with Crippen LogP contribution in [0.5, 0.6) is 0 Å². The molecule has 0 saturated carbocycles. The van der Waals surface area contributed by atoms with E-state index < -0.39 is 0 Å². The smallest absolute Gasteiger partial charge is 0.302 e. The summed E-state index contributed by atoms with van der Waals surface area (Å²) in [5.74, 6) is 1.15. The van der Waals surface area contributed by atoms with Crippen molar-refractivity contribution in [3.8, 4) is 0 Å². The molecule has 126 valence electrons. The highest BCUT2D eigenvalue weighted by atomic mass is 16.5. The molecule has 0 aromatic rings. The van der Waals surface area contributed by atoms with Crippen LogP contribution in [0.1, 0.15) is 98.8 Å². The molecular weight excluding hydrogens is 260 g/mol. The average molecular weight is 299 g/mol. The number of esters is 1. The molecule has 0 saturated heterocycles. The fraction of sp³-hybridized carbons (Fsp3) is 0.947. The van der Waals surface area contributed by atoms with E-state index in [-0.39, 0.29) is 12.1 Å². The first-order valence-corrected chi connectivity index (χ1v) is 9.14. The van der Waals surface area contributed by atoms with Gasteiger partial charge in [-0.3, -0.25) is 4.79 Å². The molecule has 0 aliphatic rings. The normalized spacial score (nSPS) is 15.5. The van der Waals surface area contributed by atoms with Crippen LogP contribution in [0.25, 0.3) is 0 Å². The van der Waals surface area contributed by atoms with Crippen LogP contribution in [-0.2, 0) is 9.53 Å². The first kappa shape index (κ1) is 20.5. The second-order valence-electron chi connectivity index (χ2n) is 6.88. The van der Waals surface area contributed by atoms with Crippen molar-refractivity contribution >= 4 is 5.97 Å². The largest absolute Gasteiger partial charge is 0.463 e. The van der Waals surface area contributed by atoms with Crippen LogP contribution in [0.2, 0.25) is 0 Å². The van der Waals surface area contributed by atoms with Crippen LogP contribution in [-0.4, -0.2) is 12.1 Å². The maximum Gasteiger partial charge on any atom is 0.302 e. The van der Waals surface area contributed by atoms with Crippen LogP contribution >= 0.6 is 0 Å². The molecule has 3 atom stereocenters. The van der Waals surface area contributed by atoms with Gasteiger partial charge in [0.1, 0.15) is 6.10 Å². The fourth-order valence-corrected chi connectivity index (χ4v) is 2.82. The summed E-state index contributed by atoms with van der Waals surface area (Å²) in [6.45, 7) is 10.3. The Labute approximate surface area is 133 Å². The molecule has 0 aromatic carbocycles. The molecule has 0 aliphatic carbocycles. The van der Waals surface area contributed by atoms with Crippen LogP contribution in [0, 0.1) is 11.8 Å². The van der Waals surface area contributed by atoms with Crippen LogP contribution in [0.3, 0.4) is 0 Å². The van der Waals surface area contributed by atoms with E-state index in [2.05, 4.69) is 20.8 Å². The Kier molecular flexibility index (Phi) is 12.8. The first-order chi connectivity index (χ1) is 9.97. The molecule has 0 radical (unpaired) electrons. The molecule has 0 fully saturated rings. The van der Waals surface area contributed by atoms with Crippen molar-refractivity contribution in [1.29, 1.82) is 0 Å². The highest BCUT2D eigenvalue weighted by Gasteiger charge is 2.15. The fourth-order valence-electron chi connectivity index (χ4n) is 2.82. The summed E-state index contributed by atoms with van der Waals surface area (Å²) in [7, 11) is 0. The minimum atomic E-state index is -0.161. The number of unbranched alkanes of at least 4 members (excludes halogenated alkanes) is 5. The molecule has 2 nitrogen and oxygen atoms in total. The highest BCUT2D eigenvalue weighted by Crippen LogP contribution is 2.21. The molecule has 0 aromatic heterocycles. The summed E-state index contributed by atoms with van der Waals surface area (Å²) in [5, 5.41) is 0. The Morgan fingerprint density at radius 3 is 2.05 bits per heavy atom. The van der Waals surface area contributed by atoms with E-state index in [1.54, 1.807) is 0 Å². The molecule has 21 heavy (non-hydrogen) atoms. The third-order valence-corrected chi connectivity index (χ3v) is 4.56. The van der Waals surface area contributed by atoms with Crippen molar-refractivity contribution in [1.82, 2.24) is 0 Å². The summed E-state index contributed by atoms with van der Waals surface area (Å²) >= 11 is 0. The summed E-state index contributed by atoms with van der Waals surface area (Å²) < 4.78 is 5.24. The SMILES string of the molecule is CCCCCCCC[C@@H](C)CCC[C@@H](C)[C@@H](C)OC(C)=O. The highest BCUT2D eigenvalue weighted by molar-refractivity contribution is 5.66. The molecule has 0 unspecified atom stereocenters. The zero-order valence-electron chi connectivity index (χ0n) is 15.1. The van der Waals surface area contributed by atoms with Gasteiger partial charge in [-0.05, 0) is 25.2 Å². The first-order valence-electron chi connectivity index (χ1n) is 9.14. The molecule has 0 aliphatic heterocycles. The third kappa shape index (κ3) is 12.9. The molecule has 0 N–H and O–H groups in total. The van der Waals surface area contributed by atoms with E-state index in [1.165, 1.54) is 64.7 Å². The van der Waals surface area contributed by atoms with Crippen molar-refractivity contribution in [2.24, 2.45) is 11.8 Å². The van der Waals surface area contributed by atoms with Crippen molar-refractivity contribution in [2.75, 3.05) is 0 Å². The Hall–Kier alpha value is -0.530. The van der Waals surface area contributed by atoms with Gasteiger partial charge >= 0.3 is 5.97 Å². The van der Waals surface area contributed by atoms with Gasteiger partial charge in [-0.15, -0.1) is 0 Å². The van der Waals surface area contributed by atoms with Gasteiger partial charge in [-0.1, -0.05) is 78.6 Å². The standard InChI is InChI=1S/C19H38O2/c1-6-7-8-9-10-11-13-16(2)14-12-15-17(3)18(4)21-19(5)20/h16-18H,6-15H2,1-5H3/t16-,17-,18-/m1/s1. The summed E-state index contributed by atoms with van der Waals surface area (Å²) in [4.78, 5) is 10.9. The number of hydrogen-bond acceptors (Lipinski definition) is 2. The lowest BCUT2D eigenvalue weighted by molar-refractivity contribution is -0.147. The summed E-state index contributed by atoms with van der Waals surface area (Å²) in [5.41, 5.74) is 0. The van der Waals surface area contributed by atoms with Crippen molar-refractivity contribution < 1.29 is 9.53 Å². The Morgan fingerprint density at radius 1 is 0.857 bits per heavy atom. The second-order valence-corrected chi connectivity index (χ2v) is 6.88. The maximum atomic E-state index is 10.9. The van der Waals surface area contributed by atoms with Crippen molar-refractivity contribution in [3.05, 3.63) is 0 Å². The maximum absolute atomic E-state index is 10.9. The number of carbonyl (C=O) groups excluding carboxylic acids is 1. The van der Waals surface area contributed by atoms with Gasteiger partial charge in [-0.25, -0.2) is 0 Å². The molecule has 0 spiro atoms. The van der Waals surface area contributed by atoms with Crippen LogP contribution in [0.4, 0.5) is 0 Å². The lowest BCUT2D eigenvalue weighted by Gasteiger charge is -2.20. The van der Waals surface area contributed by atoms with Gasteiger partial charge < -0.3 is 4.74 Å². The van der Waals surface area contributed by atoms with E-state index in [1.807, 2.05) is 6.92 Å². The molecular formula is C19H38O2. The number of ether oxygens (including phenoxy) is 1. The van der Waals surface area contributed by atoms with Gasteiger partial charge in [-0.2, -0.15) is 0 Å². The number of rotatable bonds is 13. The molecule has 0 heterocycles. The quantitative estimate of drug-likeness (QED) is 0.302. The van der Waals surface area contributed by atoms with E-state index in [0.717, 1.165) is 12.3 Å². The molecule has 2 heteroatoms. The predicted octanol–water partition coefficient (Wildman–Crippen LogP) is 6.13. The van der Waals surface area contributed by atoms with E-state index >= 15 is 0 Å². The van der Waals surface area contributed by atoms with E-state index in [9.17, 15) is 4.79 Å².